The summed E-state index contributed by atoms with van der Waals surface area (Å²) in [5, 5.41) is 0. The molecule has 1 aliphatic heterocycles. The summed E-state index contributed by atoms with van der Waals surface area (Å²) in [4.78, 5) is 14.4. The van der Waals surface area contributed by atoms with Crippen molar-refractivity contribution in [2.75, 3.05) is 13.1 Å². The summed E-state index contributed by atoms with van der Waals surface area (Å²) >= 11 is 0. The lowest BCUT2D eigenvalue weighted by molar-refractivity contribution is -0.130. The Morgan fingerprint density at radius 1 is 1.00 bits per heavy atom. The minimum Gasteiger partial charge on any atom is -0.342 e. The summed E-state index contributed by atoms with van der Waals surface area (Å²) in [5.41, 5.74) is 2.68. The number of benzene rings is 2. The van der Waals surface area contributed by atoms with Gasteiger partial charge >= 0.3 is 0 Å². The maximum absolute atomic E-state index is 12.3. The molecule has 0 radical (unpaired) electrons. The van der Waals surface area contributed by atoms with Gasteiger partial charge in [-0.05, 0) is 30.4 Å². The number of carbonyl (C=O) groups is 1. The summed E-state index contributed by atoms with van der Waals surface area (Å²) < 4.78 is 0. The Balaban J connectivity index is 1.46. The molecule has 3 rings (SSSR count). The van der Waals surface area contributed by atoms with E-state index in [1.807, 2.05) is 17.0 Å². The smallest absolute Gasteiger partial charge is 0.222 e. The summed E-state index contributed by atoms with van der Waals surface area (Å²) in [6, 6.07) is 21.0. The topological polar surface area (TPSA) is 20.3 Å². The minimum atomic E-state index is 0.314. The number of amides is 1. The SMILES string of the molecule is O=C(CCCc1ccccc1)N1CCC(c2ccccc2)C1. The Morgan fingerprint density at radius 3 is 2.41 bits per heavy atom. The van der Waals surface area contributed by atoms with Crippen molar-refractivity contribution in [2.24, 2.45) is 0 Å². The fraction of sp³-hybridized carbons (Fsp3) is 0.350. The first-order chi connectivity index (χ1) is 10.8. The van der Waals surface area contributed by atoms with Crippen molar-refractivity contribution in [1.29, 1.82) is 0 Å². The minimum absolute atomic E-state index is 0.314. The molecule has 1 unspecified atom stereocenters. The molecule has 1 aliphatic rings. The molecule has 0 saturated carbocycles. The predicted molar refractivity (Wildman–Crippen MR) is 89.8 cm³/mol. The summed E-state index contributed by atoms with van der Waals surface area (Å²) in [6.07, 6.45) is 3.68. The molecule has 1 saturated heterocycles. The van der Waals surface area contributed by atoms with Crippen molar-refractivity contribution in [3.8, 4) is 0 Å². The molecule has 1 fully saturated rings. The van der Waals surface area contributed by atoms with Gasteiger partial charge < -0.3 is 4.90 Å². The molecular weight excluding hydrogens is 270 g/mol. The van der Waals surface area contributed by atoms with Gasteiger partial charge in [-0.2, -0.15) is 0 Å². The largest absolute Gasteiger partial charge is 0.342 e. The van der Waals surface area contributed by atoms with Gasteiger partial charge in [0.2, 0.25) is 5.91 Å². The average Bonchev–Trinajstić information content (AvgIpc) is 3.07. The van der Waals surface area contributed by atoms with Crippen molar-refractivity contribution in [3.05, 3.63) is 71.8 Å². The number of hydrogen-bond acceptors (Lipinski definition) is 1. The molecule has 0 N–H and O–H groups in total. The van der Waals surface area contributed by atoms with Gasteiger partial charge in [0.15, 0.2) is 0 Å². The highest BCUT2D eigenvalue weighted by atomic mass is 16.2. The van der Waals surface area contributed by atoms with E-state index in [0.29, 0.717) is 18.2 Å². The van der Waals surface area contributed by atoms with Crippen LogP contribution in [0.2, 0.25) is 0 Å². The Morgan fingerprint density at radius 2 is 1.68 bits per heavy atom. The van der Waals surface area contributed by atoms with E-state index in [0.717, 1.165) is 32.4 Å². The number of nitrogens with zero attached hydrogens (tertiary/aromatic N) is 1. The van der Waals surface area contributed by atoms with Crippen LogP contribution in [0.3, 0.4) is 0 Å². The van der Waals surface area contributed by atoms with Gasteiger partial charge in [-0.15, -0.1) is 0 Å². The molecular formula is C20H23NO. The highest BCUT2D eigenvalue weighted by Crippen LogP contribution is 2.27. The molecule has 1 atom stereocenters. The third-order valence-corrected chi connectivity index (χ3v) is 4.51. The van der Waals surface area contributed by atoms with Crippen LogP contribution in [0.25, 0.3) is 0 Å². The Labute approximate surface area is 132 Å². The van der Waals surface area contributed by atoms with E-state index in [2.05, 4.69) is 48.5 Å². The van der Waals surface area contributed by atoms with Gasteiger partial charge in [-0.1, -0.05) is 60.7 Å². The molecule has 0 bridgehead atoms. The maximum Gasteiger partial charge on any atom is 0.222 e. The van der Waals surface area contributed by atoms with Crippen LogP contribution in [0.4, 0.5) is 0 Å². The lowest BCUT2D eigenvalue weighted by atomic mass is 9.99. The van der Waals surface area contributed by atoms with E-state index in [4.69, 9.17) is 0 Å². The van der Waals surface area contributed by atoms with E-state index < -0.39 is 0 Å². The number of hydrogen-bond donors (Lipinski definition) is 0. The molecule has 2 nitrogen and oxygen atoms in total. The first kappa shape index (κ1) is 14.8. The molecule has 114 valence electrons. The molecule has 2 aromatic rings. The fourth-order valence-corrected chi connectivity index (χ4v) is 3.23. The third-order valence-electron chi connectivity index (χ3n) is 4.51. The highest BCUT2D eigenvalue weighted by Gasteiger charge is 2.26. The molecule has 0 aliphatic carbocycles. The van der Waals surface area contributed by atoms with E-state index >= 15 is 0 Å². The predicted octanol–water partition coefficient (Wildman–Crippen LogP) is 4.03. The van der Waals surface area contributed by atoms with Gasteiger partial charge in [0.05, 0.1) is 0 Å². The number of rotatable bonds is 5. The van der Waals surface area contributed by atoms with Crippen LogP contribution >= 0.6 is 0 Å². The second-order valence-corrected chi connectivity index (χ2v) is 6.08. The Kier molecular flexibility index (Phi) is 4.89. The fourth-order valence-electron chi connectivity index (χ4n) is 3.23. The first-order valence-electron chi connectivity index (χ1n) is 8.19. The summed E-state index contributed by atoms with van der Waals surface area (Å²) in [5.74, 6) is 0.827. The second-order valence-electron chi connectivity index (χ2n) is 6.08. The van der Waals surface area contributed by atoms with Gasteiger partial charge in [-0.25, -0.2) is 0 Å². The van der Waals surface area contributed by atoms with E-state index in [9.17, 15) is 4.79 Å². The quantitative estimate of drug-likeness (QED) is 0.815. The zero-order valence-electron chi connectivity index (χ0n) is 12.9. The van der Waals surface area contributed by atoms with Crippen molar-refractivity contribution < 1.29 is 4.79 Å². The molecule has 0 spiro atoms. The molecule has 2 aromatic carbocycles. The lowest BCUT2D eigenvalue weighted by Crippen LogP contribution is -2.28. The lowest BCUT2D eigenvalue weighted by Gasteiger charge is -2.16. The maximum atomic E-state index is 12.3. The third kappa shape index (κ3) is 3.76. The van der Waals surface area contributed by atoms with E-state index in [-0.39, 0.29) is 0 Å². The van der Waals surface area contributed by atoms with Gasteiger partial charge in [-0.3, -0.25) is 4.79 Å². The van der Waals surface area contributed by atoms with Crippen molar-refractivity contribution >= 4 is 5.91 Å². The molecule has 2 heteroatoms. The molecule has 22 heavy (non-hydrogen) atoms. The average molecular weight is 293 g/mol. The van der Waals surface area contributed by atoms with E-state index in [1.165, 1.54) is 11.1 Å². The second kappa shape index (κ2) is 7.26. The zero-order valence-corrected chi connectivity index (χ0v) is 12.9. The zero-order chi connectivity index (χ0) is 15.2. The van der Waals surface area contributed by atoms with Crippen LogP contribution in [0, 0.1) is 0 Å². The van der Waals surface area contributed by atoms with Crippen LogP contribution in [-0.2, 0) is 11.2 Å². The van der Waals surface area contributed by atoms with E-state index in [1.54, 1.807) is 0 Å². The Hall–Kier alpha value is -2.09. The number of aryl methyl sites for hydroxylation is 1. The van der Waals surface area contributed by atoms with Crippen LogP contribution in [-0.4, -0.2) is 23.9 Å². The molecule has 0 aromatic heterocycles. The Bertz CT molecular complexity index is 594. The van der Waals surface area contributed by atoms with Crippen LogP contribution in [0.1, 0.15) is 36.3 Å². The monoisotopic (exact) mass is 293 g/mol. The van der Waals surface area contributed by atoms with Gasteiger partial charge in [0, 0.05) is 25.4 Å². The van der Waals surface area contributed by atoms with Crippen molar-refractivity contribution in [2.45, 2.75) is 31.6 Å². The summed E-state index contributed by atoms with van der Waals surface area (Å²) in [6.45, 7) is 1.79. The van der Waals surface area contributed by atoms with Crippen LogP contribution in [0.15, 0.2) is 60.7 Å². The normalized spacial score (nSPS) is 17.6. The van der Waals surface area contributed by atoms with Crippen LogP contribution < -0.4 is 0 Å². The van der Waals surface area contributed by atoms with Crippen molar-refractivity contribution in [1.82, 2.24) is 4.90 Å². The van der Waals surface area contributed by atoms with Crippen molar-refractivity contribution in [3.63, 3.8) is 0 Å². The molecule has 1 amide bonds. The van der Waals surface area contributed by atoms with Crippen LogP contribution in [0.5, 0.6) is 0 Å². The number of likely N-dealkylation sites (tertiary alicyclic amines) is 1. The summed E-state index contributed by atoms with van der Waals surface area (Å²) in [7, 11) is 0. The highest BCUT2D eigenvalue weighted by molar-refractivity contribution is 5.76. The standard InChI is InChI=1S/C20H23NO/c22-20(13-7-10-17-8-3-1-4-9-17)21-15-14-19(16-21)18-11-5-2-6-12-18/h1-6,8-9,11-12,19H,7,10,13-16H2. The van der Waals surface area contributed by atoms with Gasteiger partial charge in [0.25, 0.3) is 0 Å². The van der Waals surface area contributed by atoms with Gasteiger partial charge in [0.1, 0.15) is 0 Å². The molecule has 1 heterocycles. The first-order valence-corrected chi connectivity index (χ1v) is 8.19. The number of carbonyl (C=O) groups excluding carboxylic acids is 1.